The Morgan fingerprint density at radius 1 is 1.52 bits per heavy atom. The average molecular weight is 315 g/mol. The Hall–Kier alpha value is -0.960. The first-order valence-electron chi connectivity index (χ1n) is 7.54. The number of rotatable bonds is 8. The fourth-order valence-corrected chi connectivity index (χ4v) is 3.91. The molecule has 2 rings (SSSR count). The molecule has 0 bridgehead atoms. The summed E-state index contributed by atoms with van der Waals surface area (Å²) in [6.45, 7) is 5.48. The summed E-state index contributed by atoms with van der Waals surface area (Å²) in [4.78, 5) is 6.88. The number of H-pyrrole nitrogens is 1. The summed E-state index contributed by atoms with van der Waals surface area (Å²) >= 11 is 0. The van der Waals surface area contributed by atoms with Gasteiger partial charge in [-0.2, -0.15) is 12.7 Å². The number of piperidine rings is 1. The summed E-state index contributed by atoms with van der Waals surface area (Å²) in [5, 5.41) is 3.30. The lowest BCUT2D eigenvalue weighted by Gasteiger charge is -2.32. The molecular formula is C13H25N5O2S. The quantitative estimate of drug-likeness (QED) is 0.635. The van der Waals surface area contributed by atoms with E-state index in [9.17, 15) is 8.42 Å². The molecule has 1 aromatic heterocycles. The minimum atomic E-state index is -3.37. The Morgan fingerprint density at radius 3 is 3.10 bits per heavy atom. The summed E-state index contributed by atoms with van der Waals surface area (Å²) in [6.07, 6.45) is 5.94. The number of imidazole rings is 1. The lowest BCUT2D eigenvalue weighted by atomic mass is 10.00. The van der Waals surface area contributed by atoms with Gasteiger partial charge in [0.15, 0.2) is 0 Å². The van der Waals surface area contributed by atoms with Crippen molar-refractivity contribution in [3.8, 4) is 0 Å². The lowest BCUT2D eigenvalue weighted by molar-refractivity contribution is 0.259. The van der Waals surface area contributed by atoms with E-state index in [0.717, 1.165) is 31.6 Å². The van der Waals surface area contributed by atoms with Gasteiger partial charge in [-0.15, -0.1) is 0 Å². The largest absolute Gasteiger partial charge is 0.348 e. The Bertz CT molecular complexity index is 503. The molecule has 0 amide bonds. The molecule has 1 saturated heterocycles. The molecule has 3 N–H and O–H groups in total. The first kappa shape index (κ1) is 16.4. The smallest absolute Gasteiger partial charge is 0.279 e. The molecule has 0 saturated carbocycles. The molecule has 0 aliphatic carbocycles. The molecule has 0 spiro atoms. The molecule has 1 atom stereocenters. The van der Waals surface area contributed by atoms with Crippen LogP contribution in [0.1, 0.15) is 25.5 Å². The van der Waals surface area contributed by atoms with Crippen LogP contribution in [0.15, 0.2) is 12.5 Å². The molecule has 2 heterocycles. The maximum absolute atomic E-state index is 12.3. The van der Waals surface area contributed by atoms with Crippen LogP contribution >= 0.6 is 0 Å². The summed E-state index contributed by atoms with van der Waals surface area (Å²) in [7, 11) is -3.37. The highest BCUT2D eigenvalue weighted by Crippen LogP contribution is 2.17. The number of nitrogens with one attached hydrogen (secondary N) is 3. The van der Waals surface area contributed by atoms with E-state index in [4.69, 9.17) is 0 Å². The normalized spacial score (nSPS) is 20.7. The SMILES string of the molecule is CCNCC1CCCN(S(=O)(=O)NCCc2cnc[nH]2)C1. The van der Waals surface area contributed by atoms with Crippen LogP contribution in [-0.4, -0.2) is 55.4 Å². The van der Waals surface area contributed by atoms with Gasteiger partial charge < -0.3 is 10.3 Å². The van der Waals surface area contributed by atoms with Crippen LogP contribution in [0.3, 0.4) is 0 Å². The first-order valence-corrected chi connectivity index (χ1v) is 8.98. The molecule has 1 unspecified atom stereocenters. The van der Waals surface area contributed by atoms with Crippen molar-refractivity contribution < 1.29 is 8.42 Å². The Kier molecular flexibility index (Phi) is 6.16. The maximum Gasteiger partial charge on any atom is 0.279 e. The zero-order valence-corrected chi connectivity index (χ0v) is 13.3. The molecule has 0 radical (unpaired) electrons. The summed E-state index contributed by atoms with van der Waals surface area (Å²) in [6, 6.07) is 0. The van der Waals surface area contributed by atoms with Crippen LogP contribution in [0, 0.1) is 5.92 Å². The van der Waals surface area contributed by atoms with Crippen molar-refractivity contribution in [2.45, 2.75) is 26.2 Å². The second-order valence-electron chi connectivity index (χ2n) is 5.40. The first-order chi connectivity index (χ1) is 10.1. The van der Waals surface area contributed by atoms with Crippen LogP contribution in [0.25, 0.3) is 0 Å². The van der Waals surface area contributed by atoms with Gasteiger partial charge in [0, 0.05) is 37.9 Å². The zero-order chi connectivity index (χ0) is 15.1. The lowest BCUT2D eigenvalue weighted by Crippen LogP contribution is -2.48. The van der Waals surface area contributed by atoms with Crippen molar-refractivity contribution >= 4 is 10.2 Å². The number of hydrogen-bond donors (Lipinski definition) is 3. The second-order valence-corrected chi connectivity index (χ2v) is 7.16. The van der Waals surface area contributed by atoms with E-state index < -0.39 is 10.2 Å². The fraction of sp³-hybridized carbons (Fsp3) is 0.769. The van der Waals surface area contributed by atoms with Crippen molar-refractivity contribution in [3.63, 3.8) is 0 Å². The van der Waals surface area contributed by atoms with E-state index in [1.54, 1.807) is 16.8 Å². The van der Waals surface area contributed by atoms with Crippen molar-refractivity contribution in [1.82, 2.24) is 24.3 Å². The summed E-state index contributed by atoms with van der Waals surface area (Å²) < 4.78 is 28.9. The van der Waals surface area contributed by atoms with Gasteiger partial charge in [0.1, 0.15) is 0 Å². The van der Waals surface area contributed by atoms with Crippen LogP contribution in [0.5, 0.6) is 0 Å². The van der Waals surface area contributed by atoms with Gasteiger partial charge in [0.2, 0.25) is 0 Å². The summed E-state index contributed by atoms with van der Waals surface area (Å²) in [5.41, 5.74) is 0.932. The summed E-state index contributed by atoms with van der Waals surface area (Å²) in [5.74, 6) is 0.405. The Labute approximate surface area is 126 Å². The Balaban J connectivity index is 1.80. The van der Waals surface area contributed by atoms with E-state index in [-0.39, 0.29) is 0 Å². The average Bonchev–Trinajstić information content (AvgIpc) is 2.98. The van der Waals surface area contributed by atoms with E-state index in [1.807, 2.05) is 0 Å². The van der Waals surface area contributed by atoms with Gasteiger partial charge in [-0.1, -0.05) is 6.92 Å². The van der Waals surface area contributed by atoms with E-state index >= 15 is 0 Å². The van der Waals surface area contributed by atoms with E-state index in [2.05, 4.69) is 26.9 Å². The van der Waals surface area contributed by atoms with Crippen molar-refractivity contribution in [1.29, 1.82) is 0 Å². The number of hydrogen-bond acceptors (Lipinski definition) is 4. The highest BCUT2D eigenvalue weighted by molar-refractivity contribution is 7.87. The van der Waals surface area contributed by atoms with Gasteiger partial charge in [-0.05, 0) is 31.8 Å². The van der Waals surface area contributed by atoms with Gasteiger partial charge in [0.05, 0.1) is 6.33 Å². The molecule has 1 aliphatic heterocycles. The number of nitrogens with zero attached hydrogens (tertiary/aromatic N) is 2. The topological polar surface area (TPSA) is 90.1 Å². The number of aromatic amines is 1. The predicted molar refractivity (Wildman–Crippen MR) is 82.1 cm³/mol. The molecule has 1 aliphatic rings. The van der Waals surface area contributed by atoms with Crippen molar-refractivity contribution in [2.24, 2.45) is 5.92 Å². The molecule has 0 aromatic carbocycles. The molecule has 21 heavy (non-hydrogen) atoms. The molecule has 7 nitrogen and oxygen atoms in total. The molecule has 8 heteroatoms. The fourth-order valence-electron chi connectivity index (χ4n) is 2.59. The predicted octanol–water partition coefficient (Wildman–Crippen LogP) is 0.108. The minimum absolute atomic E-state index is 0.388. The van der Waals surface area contributed by atoms with Gasteiger partial charge in [0.25, 0.3) is 10.2 Å². The van der Waals surface area contributed by atoms with Crippen molar-refractivity contribution in [2.75, 3.05) is 32.7 Å². The third kappa shape index (κ3) is 5.06. The molecule has 1 fully saturated rings. The standard InChI is InChI=1S/C13H25N5O2S/c1-2-14-8-12-4-3-7-18(10-12)21(19,20)17-6-5-13-9-15-11-16-13/h9,11-12,14,17H,2-8,10H2,1H3,(H,15,16). The highest BCUT2D eigenvalue weighted by Gasteiger charge is 2.28. The van der Waals surface area contributed by atoms with Gasteiger partial charge in [-0.3, -0.25) is 0 Å². The van der Waals surface area contributed by atoms with E-state index in [0.29, 0.717) is 32.0 Å². The van der Waals surface area contributed by atoms with Crippen LogP contribution in [0.4, 0.5) is 0 Å². The van der Waals surface area contributed by atoms with Crippen LogP contribution in [-0.2, 0) is 16.6 Å². The second kappa shape index (κ2) is 7.88. The molecule has 120 valence electrons. The molecule has 1 aromatic rings. The highest BCUT2D eigenvalue weighted by atomic mass is 32.2. The van der Waals surface area contributed by atoms with E-state index in [1.165, 1.54) is 0 Å². The maximum atomic E-state index is 12.3. The van der Waals surface area contributed by atoms with Gasteiger partial charge in [-0.25, -0.2) is 9.71 Å². The number of aromatic nitrogens is 2. The zero-order valence-electron chi connectivity index (χ0n) is 12.5. The van der Waals surface area contributed by atoms with Gasteiger partial charge >= 0.3 is 0 Å². The van der Waals surface area contributed by atoms with Crippen LogP contribution in [0.2, 0.25) is 0 Å². The monoisotopic (exact) mass is 315 g/mol. The third-order valence-corrected chi connectivity index (χ3v) is 5.32. The minimum Gasteiger partial charge on any atom is -0.348 e. The molecular weight excluding hydrogens is 290 g/mol. The third-order valence-electron chi connectivity index (χ3n) is 3.74. The Morgan fingerprint density at radius 2 is 2.38 bits per heavy atom. The van der Waals surface area contributed by atoms with Crippen molar-refractivity contribution in [3.05, 3.63) is 18.2 Å². The van der Waals surface area contributed by atoms with Crippen LogP contribution < -0.4 is 10.0 Å².